The Labute approximate surface area is 176 Å². The van der Waals surface area contributed by atoms with Crippen LogP contribution in [0.25, 0.3) is 10.6 Å². The van der Waals surface area contributed by atoms with Gasteiger partial charge >= 0.3 is 0 Å². The van der Waals surface area contributed by atoms with Crippen LogP contribution in [0, 0.1) is 0 Å². The number of guanidine groups is 1. The largest absolute Gasteiger partial charge is 0.379 e. The Balaban J connectivity index is 0.00000243. The fourth-order valence-electron chi connectivity index (χ4n) is 2.65. The molecule has 1 aromatic heterocycles. The number of nitrogens with zero attached hydrogens (tertiary/aromatic N) is 3. The minimum absolute atomic E-state index is 0. The first-order valence-corrected chi connectivity index (χ1v) is 9.47. The minimum atomic E-state index is 0. The van der Waals surface area contributed by atoms with Crippen molar-refractivity contribution in [2.24, 2.45) is 4.99 Å². The number of aromatic nitrogens is 1. The maximum Gasteiger partial charge on any atom is 0.191 e. The SMILES string of the molecule is CN=C(NCCN1CCOCC1)NCc1csc(-c2ccccc2)n1.I. The van der Waals surface area contributed by atoms with E-state index in [2.05, 4.69) is 38.0 Å². The molecule has 0 aliphatic carbocycles. The summed E-state index contributed by atoms with van der Waals surface area (Å²) in [7, 11) is 1.79. The number of thiazole rings is 1. The number of rotatable bonds is 6. The van der Waals surface area contributed by atoms with Crippen LogP contribution < -0.4 is 10.6 Å². The van der Waals surface area contributed by atoms with Crippen molar-refractivity contribution in [3.05, 3.63) is 41.4 Å². The summed E-state index contributed by atoms with van der Waals surface area (Å²) in [5.41, 5.74) is 2.19. The van der Waals surface area contributed by atoms with Crippen molar-refractivity contribution in [1.29, 1.82) is 0 Å². The van der Waals surface area contributed by atoms with Crippen LogP contribution in [0.1, 0.15) is 5.69 Å². The molecule has 2 N–H and O–H groups in total. The number of morpholine rings is 1. The Bertz CT molecular complexity index is 673. The summed E-state index contributed by atoms with van der Waals surface area (Å²) in [6.45, 7) is 6.22. The van der Waals surface area contributed by atoms with Gasteiger partial charge in [0.25, 0.3) is 0 Å². The van der Waals surface area contributed by atoms with Crippen LogP contribution in [0.2, 0.25) is 0 Å². The highest BCUT2D eigenvalue weighted by atomic mass is 127. The van der Waals surface area contributed by atoms with E-state index < -0.39 is 0 Å². The molecule has 0 radical (unpaired) electrons. The number of nitrogens with one attached hydrogen (secondary N) is 2. The van der Waals surface area contributed by atoms with Gasteiger partial charge in [-0.2, -0.15) is 0 Å². The second kappa shape index (κ2) is 11.5. The zero-order valence-corrected chi connectivity index (χ0v) is 18.1. The van der Waals surface area contributed by atoms with E-state index in [-0.39, 0.29) is 24.0 Å². The van der Waals surface area contributed by atoms with Crippen molar-refractivity contribution in [2.45, 2.75) is 6.54 Å². The number of ether oxygens (including phenoxy) is 1. The Hall–Kier alpha value is -1.23. The van der Waals surface area contributed by atoms with Crippen LogP contribution in [0.15, 0.2) is 40.7 Å². The molecule has 1 aliphatic rings. The molecule has 8 heteroatoms. The van der Waals surface area contributed by atoms with Gasteiger partial charge in [0.05, 0.1) is 25.5 Å². The number of hydrogen-bond donors (Lipinski definition) is 2. The van der Waals surface area contributed by atoms with E-state index in [4.69, 9.17) is 9.72 Å². The normalized spacial score (nSPS) is 15.3. The van der Waals surface area contributed by atoms with Gasteiger partial charge in [-0.3, -0.25) is 9.89 Å². The van der Waals surface area contributed by atoms with E-state index in [1.54, 1.807) is 18.4 Å². The lowest BCUT2D eigenvalue weighted by Gasteiger charge is -2.26. The molecule has 142 valence electrons. The molecule has 0 atom stereocenters. The third-order valence-electron chi connectivity index (χ3n) is 4.06. The highest BCUT2D eigenvalue weighted by Crippen LogP contribution is 2.23. The molecule has 0 saturated carbocycles. The van der Waals surface area contributed by atoms with E-state index >= 15 is 0 Å². The molecule has 1 aromatic carbocycles. The second-order valence-electron chi connectivity index (χ2n) is 5.82. The quantitative estimate of drug-likeness (QED) is 0.373. The van der Waals surface area contributed by atoms with Gasteiger partial charge in [-0.25, -0.2) is 4.98 Å². The summed E-state index contributed by atoms with van der Waals surface area (Å²) in [5.74, 6) is 0.808. The maximum atomic E-state index is 5.37. The summed E-state index contributed by atoms with van der Waals surface area (Å²) < 4.78 is 5.37. The highest BCUT2D eigenvalue weighted by Gasteiger charge is 2.10. The fourth-order valence-corrected chi connectivity index (χ4v) is 3.48. The van der Waals surface area contributed by atoms with Gasteiger partial charge in [-0.05, 0) is 0 Å². The molecule has 3 rings (SSSR count). The van der Waals surface area contributed by atoms with Crippen LogP contribution in [-0.4, -0.2) is 62.3 Å². The lowest BCUT2D eigenvalue weighted by Crippen LogP contribution is -2.44. The van der Waals surface area contributed by atoms with Crippen molar-refractivity contribution < 1.29 is 4.74 Å². The first kappa shape index (κ1) is 21.1. The molecule has 1 saturated heterocycles. The number of halogens is 1. The average molecular weight is 487 g/mol. The molecule has 26 heavy (non-hydrogen) atoms. The molecule has 0 spiro atoms. The van der Waals surface area contributed by atoms with Crippen molar-refractivity contribution in [1.82, 2.24) is 20.5 Å². The third-order valence-corrected chi connectivity index (χ3v) is 5.00. The van der Waals surface area contributed by atoms with Gasteiger partial charge in [0.2, 0.25) is 0 Å². The zero-order valence-electron chi connectivity index (χ0n) is 15.0. The van der Waals surface area contributed by atoms with Crippen LogP contribution in [0.5, 0.6) is 0 Å². The topological polar surface area (TPSA) is 61.8 Å². The van der Waals surface area contributed by atoms with Crippen LogP contribution >= 0.6 is 35.3 Å². The van der Waals surface area contributed by atoms with Gasteiger partial charge in [0.1, 0.15) is 5.01 Å². The van der Waals surface area contributed by atoms with Gasteiger partial charge in [-0.1, -0.05) is 30.3 Å². The third kappa shape index (κ3) is 6.49. The molecule has 1 fully saturated rings. The second-order valence-corrected chi connectivity index (χ2v) is 6.67. The zero-order chi connectivity index (χ0) is 17.3. The summed E-state index contributed by atoms with van der Waals surface area (Å²) >= 11 is 1.67. The monoisotopic (exact) mass is 487 g/mol. The molecule has 6 nitrogen and oxygen atoms in total. The van der Waals surface area contributed by atoms with Gasteiger partial charge in [0.15, 0.2) is 5.96 Å². The molecule has 1 aliphatic heterocycles. The Kier molecular flexibility index (Phi) is 9.30. The molecular weight excluding hydrogens is 461 g/mol. The van der Waals surface area contributed by atoms with Gasteiger partial charge in [-0.15, -0.1) is 35.3 Å². The van der Waals surface area contributed by atoms with E-state index in [0.29, 0.717) is 6.54 Å². The van der Waals surface area contributed by atoms with Crippen LogP contribution in [0.4, 0.5) is 0 Å². The van der Waals surface area contributed by atoms with E-state index in [0.717, 1.165) is 61.6 Å². The fraction of sp³-hybridized carbons (Fsp3) is 0.444. The molecule has 0 unspecified atom stereocenters. The molecule has 0 amide bonds. The smallest absolute Gasteiger partial charge is 0.191 e. The lowest BCUT2D eigenvalue weighted by molar-refractivity contribution is 0.0389. The van der Waals surface area contributed by atoms with E-state index in [1.165, 1.54) is 0 Å². The van der Waals surface area contributed by atoms with Crippen molar-refractivity contribution in [2.75, 3.05) is 46.4 Å². The molecule has 0 bridgehead atoms. The highest BCUT2D eigenvalue weighted by molar-refractivity contribution is 14.0. The Morgan fingerprint density at radius 2 is 2.00 bits per heavy atom. The average Bonchev–Trinajstić information content (AvgIpc) is 3.15. The number of benzene rings is 1. The van der Waals surface area contributed by atoms with Gasteiger partial charge in [0, 0.05) is 44.2 Å². The Morgan fingerprint density at radius 1 is 1.23 bits per heavy atom. The first-order chi connectivity index (χ1) is 12.3. The van der Waals surface area contributed by atoms with Crippen molar-refractivity contribution in [3.63, 3.8) is 0 Å². The van der Waals surface area contributed by atoms with Crippen LogP contribution in [-0.2, 0) is 11.3 Å². The van der Waals surface area contributed by atoms with E-state index in [1.807, 2.05) is 18.2 Å². The first-order valence-electron chi connectivity index (χ1n) is 8.59. The Morgan fingerprint density at radius 3 is 2.73 bits per heavy atom. The van der Waals surface area contributed by atoms with Crippen molar-refractivity contribution >= 4 is 41.3 Å². The van der Waals surface area contributed by atoms with Crippen LogP contribution in [0.3, 0.4) is 0 Å². The molecular formula is C18H26IN5OS. The summed E-state index contributed by atoms with van der Waals surface area (Å²) in [5, 5.41) is 9.83. The predicted octanol–water partition coefficient (Wildman–Crippen LogP) is 2.43. The minimum Gasteiger partial charge on any atom is -0.379 e. The number of aliphatic imine (C=N–C) groups is 1. The predicted molar refractivity (Wildman–Crippen MR) is 118 cm³/mol. The lowest BCUT2D eigenvalue weighted by atomic mass is 10.2. The molecule has 2 heterocycles. The standard InChI is InChI=1S/C18H25N5OS.HI/c1-19-18(20-7-8-23-9-11-24-12-10-23)21-13-16-14-25-17(22-16)15-5-3-2-4-6-15;/h2-6,14H,7-13H2,1H3,(H2,19,20,21);1H. The van der Waals surface area contributed by atoms with Gasteiger partial charge < -0.3 is 15.4 Å². The number of hydrogen-bond acceptors (Lipinski definition) is 5. The summed E-state index contributed by atoms with van der Waals surface area (Å²) in [6.07, 6.45) is 0. The maximum absolute atomic E-state index is 5.37. The van der Waals surface area contributed by atoms with E-state index in [9.17, 15) is 0 Å². The summed E-state index contributed by atoms with van der Waals surface area (Å²) in [6, 6.07) is 10.3. The van der Waals surface area contributed by atoms with Crippen molar-refractivity contribution in [3.8, 4) is 10.6 Å². The molecule has 2 aromatic rings. The summed E-state index contributed by atoms with van der Waals surface area (Å²) in [4.78, 5) is 11.4.